The summed E-state index contributed by atoms with van der Waals surface area (Å²) in [6.45, 7) is 1.74. The van der Waals surface area contributed by atoms with E-state index >= 15 is 0 Å². The van der Waals surface area contributed by atoms with Crippen molar-refractivity contribution in [2.45, 2.75) is 37.9 Å². The highest BCUT2D eigenvalue weighted by Gasteiger charge is 2.39. The van der Waals surface area contributed by atoms with Crippen molar-refractivity contribution in [3.8, 4) is 0 Å². The first-order valence-electron chi connectivity index (χ1n) is 8.93. The van der Waals surface area contributed by atoms with Gasteiger partial charge in [0.05, 0.1) is 18.6 Å². The summed E-state index contributed by atoms with van der Waals surface area (Å²) >= 11 is 0. The number of likely N-dealkylation sites (N-methyl/N-ethyl adjacent to an activating group) is 1. The monoisotopic (exact) mass is 451 g/mol. The second-order valence-electron chi connectivity index (χ2n) is 6.45. The van der Waals surface area contributed by atoms with Crippen molar-refractivity contribution < 1.29 is 31.6 Å². The lowest BCUT2D eigenvalue weighted by molar-refractivity contribution is -0.135. The van der Waals surface area contributed by atoms with Gasteiger partial charge in [0.15, 0.2) is 0 Å². The molecule has 0 aromatic carbocycles. The molecule has 2 fully saturated rings. The van der Waals surface area contributed by atoms with Gasteiger partial charge >= 0.3 is 16.4 Å². The number of hydrogen-bond donors (Lipinski definition) is 6. The van der Waals surface area contributed by atoms with Gasteiger partial charge in [0.2, 0.25) is 0 Å². The molecule has 2 rings (SSSR count). The molecule has 170 valence electrons. The van der Waals surface area contributed by atoms with Crippen molar-refractivity contribution in [1.29, 1.82) is 0 Å². The lowest BCUT2D eigenvalue weighted by atomic mass is 10.1. The van der Waals surface area contributed by atoms with Crippen LogP contribution in [-0.4, -0.2) is 90.0 Å². The van der Waals surface area contributed by atoms with E-state index in [4.69, 9.17) is 16.1 Å². The second kappa shape index (κ2) is 9.85. The Morgan fingerprint density at radius 1 is 1.43 bits per heavy atom. The zero-order chi connectivity index (χ0) is 22.5. The highest BCUT2D eigenvalue weighted by atomic mass is 32.3. The van der Waals surface area contributed by atoms with Crippen LogP contribution in [0, 0.1) is 0 Å². The van der Waals surface area contributed by atoms with Gasteiger partial charge in [-0.05, 0) is 19.8 Å². The van der Waals surface area contributed by atoms with Crippen molar-refractivity contribution >= 4 is 34.6 Å². The van der Waals surface area contributed by atoms with Crippen LogP contribution >= 0.6 is 0 Å². The third-order valence-corrected chi connectivity index (χ3v) is 4.94. The molecular weight excluding hydrogens is 426 g/mol. The molecule has 2 saturated heterocycles. The number of hydroxylamine groups is 2. The highest BCUT2D eigenvalue weighted by Crippen LogP contribution is 2.18. The number of rotatable bonds is 7. The Morgan fingerprint density at radius 3 is 2.70 bits per heavy atom. The van der Waals surface area contributed by atoms with Crippen LogP contribution in [-0.2, 0) is 24.3 Å². The van der Waals surface area contributed by atoms with Crippen molar-refractivity contribution in [2.24, 2.45) is 16.7 Å². The summed E-state index contributed by atoms with van der Waals surface area (Å²) in [5.74, 6) is 4.48. The van der Waals surface area contributed by atoms with E-state index in [-0.39, 0.29) is 25.6 Å². The Hall–Kier alpha value is -2.73. The third-order valence-electron chi connectivity index (χ3n) is 4.58. The van der Waals surface area contributed by atoms with Crippen LogP contribution in [0.5, 0.6) is 0 Å². The van der Waals surface area contributed by atoms with Gasteiger partial charge in [0, 0.05) is 13.1 Å². The minimum absolute atomic E-state index is 0.000215. The van der Waals surface area contributed by atoms with E-state index in [0.717, 1.165) is 16.4 Å². The average molecular weight is 451 g/mol. The molecule has 0 radical (unpaired) electrons. The standard InChI is InChI=1S/C13H25N9O7S/c1-2-20-10(3-4-21(13(20)25)29-30(26,27)28)12(24)19-18-11(23)9-5-8(6-16-9)22(15)17-7-14/h7-10,16H,2-6,15H2,1H3,(H2,14,17)(H,18,23)(H,19,24)(H,26,27,28)/t8-,9-,10-/m0/s1. The summed E-state index contributed by atoms with van der Waals surface area (Å²) in [7, 11) is -4.89. The molecule has 2 heterocycles. The van der Waals surface area contributed by atoms with Crippen LogP contribution < -0.4 is 27.7 Å². The van der Waals surface area contributed by atoms with Crippen molar-refractivity contribution in [3.63, 3.8) is 0 Å². The van der Waals surface area contributed by atoms with Gasteiger partial charge < -0.3 is 16.0 Å². The van der Waals surface area contributed by atoms with Gasteiger partial charge in [-0.3, -0.25) is 25.0 Å². The molecule has 30 heavy (non-hydrogen) atoms. The van der Waals surface area contributed by atoms with E-state index in [9.17, 15) is 22.8 Å². The average Bonchev–Trinajstić information content (AvgIpc) is 3.17. The number of hydrazone groups is 1. The lowest BCUT2D eigenvalue weighted by Crippen LogP contribution is -2.61. The topological polar surface area (TPSA) is 225 Å². The zero-order valence-electron chi connectivity index (χ0n) is 16.1. The fourth-order valence-electron chi connectivity index (χ4n) is 3.16. The SMILES string of the molecule is CCN1C(=O)N(OS(=O)(=O)O)CC[C@H]1C(=O)NNC(=O)[C@@H]1C[C@H](N(N)/N=C\N)CN1. The fraction of sp³-hybridized carbons (Fsp3) is 0.692. The smallest absolute Gasteiger partial charge is 0.388 e. The summed E-state index contributed by atoms with van der Waals surface area (Å²) in [4.78, 5) is 38.0. The number of hydrogen-bond acceptors (Lipinski definition) is 10. The van der Waals surface area contributed by atoms with Crippen molar-refractivity contribution in [2.75, 3.05) is 19.6 Å². The Kier molecular flexibility index (Phi) is 7.73. The molecule has 3 atom stereocenters. The maximum atomic E-state index is 12.5. The highest BCUT2D eigenvalue weighted by molar-refractivity contribution is 7.80. The summed E-state index contributed by atoms with van der Waals surface area (Å²) in [5, 5.41) is 8.21. The van der Waals surface area contributed by atoms with Crippen LogP contribution in [0.1, 0.15) is 19.8 Å². The number of urea groups is 1. The summed E-state index contributed by atoms with van der Waals surface area (Å²) in [6.07, 6.45) is 1.35. The molecule has 0 aromatic rings. The van der Waals surface area contributed by atoms with Crippen LogP contribution in [0.25, 0.3) is 0 Å². The Bertz CT molecular complexity index is 792. The summed E-state index contributed by atoms with van der Waals surface area (Å²) in [6, 6.07) is -2.80. The van der Waals surface area contributed by atoms with Crippen LogP contribution in [0.3, 0.4) is 0 Å². The Labute approximate surface area is 172 Å². The maximum Gasteiger partial charge on any atom is 0.418 e. The van der Waals surface area contributed by atoms with Crippen molar-refractivity contribution in [1.82, 2.24) is 31.2 Å². The maximum absolute atomic E-state index is 12.5. The Morgan fingerprint density at radius 2 is 2.10 bits per heavy atom. The first kappa shape index (κ1) is 23.5. The predicted molar refractivity (Wildman–Crippen MR) is 101 cm³/mol. The molecular formula is C13H25N9O7S. The number of hydrazine groups is 2. The normalized spacial score (nSPS) is 24.9. The van der Waals surface area contributed by atoms with Gasteiger partial charge in [0.1, 0.15) is 12.4 Å². The Balaban J connectivity index is 1.88. The van der Waals surface area contributed by atoms with E-state index in [2.05, 4.69) is 25.6 Å². The molecule has 16 nitrogen and oxygen atoms in total. The van der Waals surface area contributed by atoms with Gasteiger partial charge in [-0.1, -0.05) is 0 Å². The number of amides is 4. The van der Waals surface area contributed by atoms with Gasteiger partial charge in [-0.25, -0.2) is 15.8 Å². The zero-order valence-corrected chi connectivity index (χ0v) is 16.9. The molecule has 2 aliphatic rings. The fourth-order valence-corrected chi connectivity index (χ4v) is 3.53. The number of carbonyl (C=O) groups is 3. The van der Waals surface area contributed by atoms with E-state index in [1.54, 1.807) is 6.92 Å². The molecule has 8 N–H and O–H groups in total. The van der Waals surface area contributed by atoms with Gasteiger partial charge in [0.25, 0.3) is 11.8 Å². The molecule has 4 amide bonds. The minimum atomic E-state index is -4.89. The lowest BCUT2D eigenvalue weighted by Gasteiger charge is -2.38. The summed E-state index contributed by atoms with van der Waals surface area (Å²) < 4.78 is 34.6. The number of nitrogens with one attached hydrogen (secondary N) is 3. The molecule has 2 aliphatic heterocycles. The van der Waals surface area contributed by atoms with E-state index in [0.29, 0.717) is 18.0 Å². The van der Waals surface area contributed by atoms with Crippen molar-refractivity contribution in [3.05, 3.63) is 0 Å². The largest absolute Gasteiger partial charge is 0.418 e. The van der Waals surface area contributed by atoms with Crippen LogP contribution in [0.4, 0.5) is 4.79 Å². The van der Waals surface area contributed by atoms with Gasteiger partial charge in [-0.2, -0.15) is 18.6 Å². The number of nitrogens with zero attached hydrogens (tertiary/aromatic N) is 4. The third kappa shape index (κ3) is 5.89. The molecule has 0 aromatic heterocycles. The number of nitrogens with two attached hydrogens (primary N) is 2. The molecule has 0 unspecified atom stereocenters. The predicted octanol–water partition coefficient (Wildman–Crippen LogP) is -3.81. The van der Waals surface area contributed by atoms with Gasteiger partial charge in [-0.15, -0.1) is 4.28 Å². The summed E-state index contributed by atoms with van der Waals surface area (Å²) in [5.41, 5.74) is 9.71. The van der Waals surface area contributed by atoms with E-state index in [1.807, 2.05) is 0 Å². The molecule has 0 spiro atoms. The first-order chi connectivity index (χ1) is 14.1. The van der Waals surface area contributed by atoms with Crippen LogP contribution in [0.15, 0.2) is 5.10 Å². The quantitative estimate of drug-likeness (QED) is 0.0723. The minimum Gasteiger partial charge on any atom is -0.388 e. The van der Waals surface area contributed by atoms with E-state index in [1.165, 1.54) is 0 Å². The molecule has 0 bridgehead atoms. The molecule has 0 saturated carbocycles. The second-order valence-corrected chi connectivity index (χ2v) is 7.46. The van der Waals surface area contributed by atoms with E-state index < -0.39 is 40.3 Å². The van der Waals surface area contributed by atoms with Crippen LogP contribution in [0.2, 0.25) is 0 Å². The molecule has 0 aliphatic carbocycles. The molecule has 17 heteroatoms. The number of carbonyl (C=O) groups excluding carboxylic acids is 3. The first-order valence-corrected chi connectivity index (χ1v) is 10.3.